The van der Waals surface area contributed by atoms with Crippen LogP contribution in [-0.4, -0.2) is 71.8 Å². The van der Waals surface area contributed by atoms with Gasteiger partial charge < -0.3 is 14.4 Å². The van der Waals surface area contributed by atoms with Gasteiger partial charge in [-0.05, 0) is 62.2 Å². The number of ether oxygens (including phenoxy) is 2. The second-order valence-corrected chi connectivity index (χ2v) is 11.4. The number of morpholine rings is 1. The van der Waals surface area contributed by atoms with Gasteiger partial charge in [0.2, 0.25) is 0 Å². The average molecular weight is 521 g/mol. The number of aromatic nitrogens is 1. The summed E-state index contributed by atoms with van der Waals surface area (Å²) in [7, 11) is 0. The van der Waals surface area contributed by atoms with Crippen LogP contribution in [0.15, 0.2) is 48.8 Å². The molecule has 0 bridgehead atoms. The van der Waals surface area contributed by atoms with Crippen molar-refractivity contribution in [3.05, 3.63) is 59.9 Å². The number of pyridine rings is 1. The summed E-state index contributed by atoms with van der Waals surface area (Å²) in [6.45, 7) is 11.1. The number of rotatable bonds is 6. The van der Waals surface area contributed by atoms with Gasteiger partial charge >= 0.3 is 6.09 Å². The summed E-state index contributed by atoms with van der Waals surface area (Å²) < 4.78 is 10.8. The Kier molecular flexibility index (Phi) is 7.28. The van der Waals surface area contributed by atoms with Gasteiger partial charge in [0.05, 0.1) is 25.1 Å². The lowest BCUT2D eigenvalue weighted by atomic mass is 10.1. The van der Waals surface area contributed by atoms with E-state index in [1.807, 2.05) is 43.9 Å². The number of carbonyl (C=O) groups is 2. The van der Waals surface area contributed by atoms with Crippen LogP contribution in [0.5, 0.6) is 0 Å². The van der Waals surface area contributed by atoms with Crippen molar-refractivity contribution in [1.82, 2.24) is 14.8 Å². The second kappa shape index (κ2) is 10.6. The predicted molar refractivity (Wildman–Crippen MR) is 145 cm³/mol. The van der Waals surface area contributed by atoms with Gasteiger partial charge in [-0.3, -0.25) is 20.0 Å². The van der Waals surface area contributed by atoms with E-state index in [1.165, 1.54) is 0 Å². The summed E-state index contributed by atoms with van der Waals surface area (Å²) in [5, 5.41) is 2.75. The monoisotopic (exact) mass is 520 g/mol. The number of amides is 2. The first-order valence-electron chi connectivity index (χ1n) is 12.5. The molecule has 1 N–H and O–H groups in total. The average Bonchev–Trinajstić information content (AvgIpc) is 3.47. The Balaban J connectivity index is 1.26. The topological polar surface area (TPSA) is 84.0 Å². The van der Waals surface area contributed by atoms with E-state index in [0.717, 1.165) is 71.4 Å². The van der Waals surface area contributed by atoms with Gasteiger partial charge in [0, 0.05) is 59.8 Å². The maximum Gasteiger partial charge on any atom is 0.412 e. The van der Waals surface area contributed by atoms with Crippen LogP contribution in [0.3, 0.4) is 0 Å². The van der Waals surface area contributed by atoms with Crippen molar-refractivity contribution in [2.24, 2.45) is 0 Å². The van der Waals surface area contributed by atoms with Gasteiger partial charge in [-0.25, -0.2) is 4.79 Å². The van der Waals surface area contributed by atoms with Crippen molar-refractivity contribution in [2.45, 2.75) is 32.9 Å². The minimum atomic E-state index is -0.571. The number of benzene rings is 1. The van der Waals surface area contributed by atoms with Gasteiger partial charge in [-0.15, -0.1) is 11.3 Å². The quantitative estimate of drug-likeness (QED) is 0.486. The highest BCUT2D eigenvalue weighted by Gasteiger charge is 2.28. The number of fused-ring (bicyclic) bond motifs is 1. The van der Waals surface area contributed by atoms with Gasteiger partial charge in [-0.2, -0.15) is 0 Å². The van der Waals surface area contributed by atoms with Crippen molar-refractivity contribution in [3.8, 4) is 20.9 Å². The minimum Gasteiger partial charge on any atom is -0.444 e. The molecule has 0 radical (unpaired) electrons. The zero-order valence-electron chi connectivity index (χ0n) is 21.5. The van der Waals surface area contributed by atoms with E-state index in [9.17, 15) is 9.59 Å². The molecule has 5 rings (SSSR count). The van der Waals surface area contributed by atoms with E-state index in [1.54, 1.807) is 23.7 Å². The third-order valence-electron chi connectivity index (χ3n) is 6.33. The molecule has 1 saturated heterocycles. The highest BCUT2D eigenvalue weighted by Crippen LogP contribution is 2.37. The molecule has 2 aliphatic heterocycles. The fraction of sp³-hybridized carbons (Fsp3) is 0.393. The summed E-state index contributed by atoms with van der Waals surface area (Å²) in [6, 6.07) is 12.1. The van der Waals surface area contributed by atoms with Crippen molar-refractivity contribution < 1.29 is 19.1 Å². The molecule has 1 aromatic carbocycles. The lowest BCUT2D eigenvalue weighted by Crippen LogP contribution is -2.41. The smallest absolute Gasteiger partial charge is 0.412 e. The van der Waals surface area contributed by atoms with Gasteiger partial charge in [0.25, 0.3) is 5.91 Å². The number of hydrogen-bond donors (Lipinski definition) is 1. The largest absolute Gasteiger partial charge is 0.444 e. The molecule has 0 spiro atoms. The van der Waals surface area contributed by atoms with Crippen LogP contribution in [0.25, 0.3) is 20.9 Å². The molecule has 8 nitrogen and oxygen atoms in total. The van der Waals surface area contributed by atoms with Gasteiger partial charge in [0.1, 0.15) is 5.60 Å². The Bertz CT molecular complexity index is 1290. The summed E-state index contributed by atoms with van der Waals surface area (Å²) in [6.07, 6.45) is 2.87. The number of carbonyl (C=O) groups excluding carboxylic acids is 2. The molecule has 0 aliphatic carbocycles. The van der Waals surface area contributed by atoms with Crippen LogP contribution >= 0.6 is 11.3 Å². The molecular formula is C28H32N4O4S. The second-order valence-electron chi connectivity index (χ2n) is 10.3. The Hall–Kier alpha value is -3.27. The summed E-state index contributed by atoms with van der Waals surface area (Å²) >= 11 is 1.65. The van der Waals surface area contributed by atoms with Crippen molar-refractivity contribution in [3.63, 3.8) is 0 Å². The lowest BCUT2D eigenvalue weighted by Gasteiger charge is -2.28. The van der Waals surface area contributed by atoms with Crippen LogP contribution in [0, 0.1) is 0 Å². The predicted octanol–water partition coefficient (Wildman–Crippen LogP) is 5.11. The van der Waals surface area contributed by atoms with E-state index >= 15 is 0 Å². The van der Waals surface area contributed by atoms with E-state index in [0.29, 0.717) is 12.2 Å². The Morgan fingerprint density at radius 3 is 2.57 bits per heavy atom. The molecule has 2 aliphatic rings. The SMILES string of the molecule is CC(C)(C)OC(=O)Nc1cncc(-c2ccc(-c3ccc4c(c3)CN(CCN3CCOCC3)C4=O)s2)c1. The third-order valence-corrected chi connectivity index (χ3v) is 7.52. The van der Waals surface area contributed by atoms with Crippen molar-refractivity contribution >= 4 is 29.0 Å². The number of nitrogens with one attached hydrogen (secondary N) is 1. The molecule has 4 heterocycles. The first-order chi connectivity index (χ1) is 17.7. The molecule has 0 atom stereocenters. The van der Waals surface area contributed by atoms with Crippen molar-refractivity contribution in [1.29, 1.82) is 0 Å². The van der Waals surface area contributed by atoms with E-state index in [4.69, 9.17) is 9.47 Å². The van der Waals surface area contributed by atoms with Gasteiger partial charge in [0.15, 0.2) is 0 Å². The van der Waals surface area contributed by atoms with Crippen LogP contribution in [0.2, 0.25) is 0 Å². The summed E-state index contributed by atoms with van der Waals surface area (Å²) in [5.74, 6) is 0.113. The zero-order valence-corrected chi connectivity index (χ0v) is 22.3. The van der Waals surface area contributed by atoms with E-state index in [-0.39, 0.29) is 5.91 Å². The fourth-order valence-corrected chi connectivity index (χ4v) is 5.50. The maximum absolute atomic E-state index is 12.9. The van der Waals surface area contributed by atoms with Gasteiger partial charge in [-0.1, -0.05) is 6.07 Å². The van der Waals surface area contributed by atoms with Crippen LogP contribution in [-0.2, 0) is 16.0 Å². The molecule has 2 aromatic heterocycles. The van der Waals surface area contributed by atoms with Crippen LogP contribution in [0.1, 0.15) is 36.7 Å². The van der Waals surface area contributed by atoms with E-state index < -0.39 is 11.7 Å². The van der Waals surface area contributed by atoms with Crippen LogP contribution < -0.4 is 5.32 Å². The lowest BCUT2D eigenvalue weighted by molar-refractivity contribution is 0.0327. The highest BCUT2D eigenvalue weighted by molar-refractivity contribution is 7.18. The minimum absolute atomic E-state index is 0.113. The Morgan fingerprint density at radius 1 is 1.05 bits per heavy atom. The number of hydrogen-bond acceptors (Lipinski definition) is 7. The standard InChI is InChI=1S/C28H32N4O4S/c1-28(2,3)36-27(34)30-22-15-20(16-29-17-22)25-7-6-24(37-25)19-4-5-23-21(14-19)18-32(26(23)33)9-8-31-10-12-35-13-11-31/h4-7,14-17H,8-13,18H2,1-3H3,(H,30,34). The first-order valence-corrected chi connectivity index (χ1v) is 13.3. The molecular weight excluding hydrogens is 488 g/mol. The fourth-order valence-electron chi connectivity index (χ4n) is 4.51. The molecule has 9 heteroatoms. The molecule has 37 heavy (non-hydrogen) atoms. The first kappa shape index (κ1) is 25.4. The van der Waals surface area contributed by atoms with E-state index in [2.05, 4.69) is 33.4 Å². The summed E-state index contributed by atoms with van der Waals surface area (Å²) in [4.78, 5) is 35.8. The third kappa shape index (κ3) is 6.18. The molecule has 0 saturated carbocycles. The van der Waals surface area contributed by atoms with Crippen LogP contribution in [0.4, 0.5) is 10.5 Å². The molecule has 0 unspecified atom stereocenters. The summed E-state index contributed by atoms with van der Waals surface area (Å²) in [5.41, 5.74) is 3.88. The Labute approximate surface area is 221 Å². The number of anilines is 1. The highest BCUT2D eigenvalue weighted by atomic mass is 32.1. The maximum atomic E-state index is 12.9. The molecule has 2 amide bonds. The number of nitrogens with zero attached hydrogens (tertiary/aromatic N) is 3. The number of thiophene rings is 1. The Morgan fingerprint density at radius 2 is 1.81 bits per heavy atom. The normalized spacial score (nSPS) is 16.1. The molecule has 194 valence electrons. The molecule has 3 aromatic rings. The molecule has 1 fully saturated rings. The van der Waals surface area contributed by atoms with Crippen molar-refractivity contribution in [2.75, 3.05) is 44.7 Å². The zero-order chi connectivity index (χ0) is 26.0.